The van der Waals surface area contributed by atoms with Gasteiger partial charge < -0.3 is 10.5 Å². The van der Waals surface area contributed by atoms with E-state index in [0.29, 0.717) is 6.29 Å². The molecule has 84 valence electrons. The Kier molecular flexibility index (Phi) is 3.54. The average molecular weight is 224 g/mol. The Morgan fingerprint density at radius 3 is 2.75 bits per heavy atom. The van der Waals surface area contributed by atoms with Crippen LogP contribution >= 0.6 is 0 Å². The van der Waals surface area contributed by atoms with Crippen LogP contribution in [0.2, 0.25) is 0 Å². The molecule has 0 bridgehead atoms. The Hall–Kier alpha value is -2.44. The minimum atomic E-state index is -0.742. The first-order chi connectivity index (χ1) is 7.54. The molecule has 7 heteroatoms. The van der Waals surface area contributed by atoms with Crippen molar-refractivity contribution < 1.29 is 19.2 Å². The monoisotopic (exact) mass is 224 g/mol. The third kappa shape index (κ3) is 2.77. The predicted octanol–water partition coefficient (Wildman–Crippen LogP) is 0.271. The fraction of sp³-hybridized carbons (Fsp3) is 0.111. The first kappa shape index (κ1) is 11.6. The van der Waals surface area contributed by atoms with Gasteiger partial charge in [0.25, 0.3) is 5.91 Å². The summed E-state index contributed by atoms with van der Waals surface area (Å²) < 4.78 is 4.83. The van der Waals surface area contributed by atoms with E-state index in [1.165, 1.54) is 12.1 Å². The summed E-state index contributed by atoms with van der Waals surface area (Å²) in [5.74, 6) is -0.844. The van der Waals surface area contributed by atoms with Crippen molar-refractivity contribution in [2.75, 3.05) is 6.61 Å². The molecule has 1 aromatic carbocycles. The molecule has 0 saturated heterocycles. The van der Waals surface area contributed by atoms with Gasteiger partial charge in [-0.2, -0.15) is 0 Å². The molecule has 1 amide bonds. The van der Waals surface area contributed by atoms with E-state index >= 15 is 0 Å². The maximum atomic E-state index is 10.6. The van der Waals surface area contributed by atoms with Crippen LogP contribution in [0.1, 0.15) is 10.4 Å². The normalized spacial score (nSPS) is 9.50. The third-order valence-electron chi connectivity index (χ3n) is 1.69. The van der Waals surface area contributed by atoms with Crippen LogP contribution in [0.3, 0.4) is 0 Å². The molecule has 0 saturated carbocycles. The van der Waals surface area contributed by atoms with E-state index in [4.69, 9.17) is 10.5 Å². The van der Waals surface area contributed by atoms with E-state index in [-0.39, 0.29) is 17.0 Å². The van der Waals surface area contributed by atoms with Crippen molar-refractivity contribution in [3.05, 3.63) is 33.9 Å². The van der Waals surface area contributed by atoms with Crippen molar-refractivity contribution in [1.82, 2.24) is 0 Å². The summed E-state index contributed by atoms with van der Waals surface area (Å²) in [5.41, 5.74) is 4.60. The molecule has 0 aliphatic carbocycles. The van der Waals surface area contributed by atoms with E-state index < -0.39 is 17.4 Å². The van der Waals surface area contributed by atoms with Crippen molar-refractivity contribution in [2.45, 2.75) is 0 Å². The molecule has 0 fully saturated rings. The van der Waals surface area contributed by atoms with Gasteiger partial charge in [-0.3, -0.25) is 19.7 Å². The number of amides is 1. The molecule has 0 spiro atoms. The maximum Gasteiger partial charge on any atom is 0.311 e. The van der Waals surface area contributed by atoms with E-state index in [1.807, 2.05) is 0 Å². The average Bonchev–Trinajstić information content (AvgIpc) is 2.25. The van der Waals surface area contributed by atoms with Crippen molar-refractivity contribution in [3.8, 4) is 5.75 Å². The first-order valence-corrected chi connectivity index (χ1v) is 4.19. The van der Waals surface area contributed by atoms with Gasteiger partial charge in [-0.1, -0.05) is 0 Å². The molecule has 0 radical (unpaired) electrons. The number of hydrogen-bond donors (Lipinski definition) is 1. The molecule has 0 aliphatic heterocycles. The van der Waals surface area contributed by atoms with Crippen molar-refractivity contribution in [3.63, 3.8) is 0 Å². The molecule has 0 atom stereocenters. The summed E-state index contributed by atoms with van der Waals surface area (Å²) in [5, 5.41) is 10.6. The highest BCUT2D eigenvalue weighted by atomic mass is 16.6. The van der Waals surface area contributed by atoms with Gasteiger partial charge in [0, 0.05) is 11.6 Å². The highest BCUT2D eigenvalue weighted by Gasteiger charge is 2.16. The zero-order chi connectivity index (χ0) is 12.1. The number of carbonyl (C=O) groups is 2. The highest BCUT2D eigenvalue weighted by Crippen LogP contribution is 2.27. The molecular formula is C9H8N2O5. The number of benzene rings is 1. The Morgan fingerprint density at radius 2 is 2.25 bits per heavy atom. The quantitative estimate of drug-likeness (QED) is 0.438. The van der Waals surface area contributed by atoms with Gasteiger partial charge in [-0.05, 0) is 12.1 Å². The topological polar surface area (TPSA) is 113 Å². The lowest BCUT2D eigenvalue weighted by molar-refractivity contribution is -0.385. The number of primary amides is 1. The lowest BCUT2D eigenvalue weighted by Crippen LogP contribution is -2.20. The number of ether oxygens (including phenoxy) is 1. The number of aldehydes is 1. The minimum Gasteiger partial charge on any atom is -0.477 e. The molecule has 2 N–H and O–H groups in total. The molecule has 1 aromatic rings. The molecular weight excluding hydrogens is 216 g/mol. The smallest absolute Gasteiger partial charge is 0.311 e. The molecule has 0 unspecified atom stereocenters. The largest absolute Gasteiger partial charge is 0.477 e. The molecule has 0 aliphatic rings. The number of carbonyl (C=O) groups excluding carboxylic acids is 2. The Balaban J connectivity index is 3.03. The van der Waals surface area contributed by atoms with Crippen LogP contribution in [0.5, 0.6) is 5.75 Å². The number of nitro benzene ring substituents is 1. The van der Waals surface area contributed by atoms with Gasteiger partial charge in [-0.15, -0.1) is 0 Å². The van der Waals surface area contributed by atoms with E-state index in [9.17, 15) is 19.7 Å². The number of rotatable bonds is 5. The molecule has 7 nitrogen and oxygen atoms in total. The summed E-state index contributed by atoms with van der Waals surface area (Å²) in [6, 6.07) is 3.64. The lowest BCUT2D eigenvalue weighted by Gasteiger charge is -2.04. The second kappa shape index (κ2) is 4.87. The molecule has 0 heterocycles. The Bertz CT molecular complexity index is 444. The van der Waals surface area contributed by atoms with Crippen LogP contribution in [0.4, 0.5) is 5.69 Å². The van der Waals surface area contributed by atoms with Crippen LogP contribution in [-0.2, 0) is 4.79 Å². The summed E-state index contributed by atoms with van der Waals surface area (Å²) in [6.45, 7) is -0.457. The number of nitrogens with zero attached hydrogens (tertiary/aromatic N) is 1. The minimum absolute atomic E-state index is 0.102. The maximum absolute atomic E-state index is 10.6. The van der Waals surface area contributed by atoms with Gasteiger partial charge in [0.1, 0.15) is 6.29 Å². The highest BCUT2D eigenvalue weighted by molar-refractivity contribution is 5.78. The van der Waals surface area contributed by atoms with Crippen molar-refractivity contribution >= 4 is 17.9 Å². The summed E-state index contributed by atoms with van der Waals surface area (Å²) in [7, 11) is 0. The SMILES string of the molecule is NC(=O)COc1ccc(C=O)cc1[N+](=O)[O-]. The second-order valence-electron chi connectivity index (χ2n) is 2.86. The van der Waals surface area contributed by atoms with Crippen LogP contribution in [-0.4, -0.2) is 23.7 Å². The van der Waals surface area contributed by atoms with Gasteiger partial charge in [0.15, 0.2) is 12.4 Å². The van der Waals surface area contributed by atoms with Gasteiger partial charge in [-0.25, -0.2) is 0 Å². The van der Waals surface area contributed by atoms with E-state index in [1.54, 1.807) is 0 Å². The fourth-order valence-electron chi connectivity index (χ4n) is 1.02. The fourth-order valence-corrected chi connectivity index (χ4v) is 1.02. The predicted molar refractivity (Wildman–Crippen MR) is 53.2 cm³/mol. The molecule has 0 aromatic heterocycles. The van der Waals surface area contributed by atoms with Crippen LogP contribution in [0.15, 0.2) is 18.2 Å². The summed E-state index contributed by atoms with van der Waals surface area (Å²) in [4.78, 5) is 30.8. The molecule has 1 rings (SSSR count). The second-order valence-corrected chi connectivity index (χ2v) is 2.86. The van der Waals surface area contributed by atoms with Gasteiger partial charge >= 0.3 is 5.69 Å². The van der Waals surface area contributed by atoms with Gasteiger partial charge in [0.05, 0.1) is 4.92 Å². The summed E-state index contributed by atoms with van der Waals surface area (Å²) in [6.07, 6.45) is 0.477. The van der Waals surface area contributed by atoms with Gasteiger partial charge in [0.2, 0.25) is 0 Å². The van der Waals surface area contributed by atoms with Crippen molar-refractivity contribution in [2.24, 2.45) is 5.73 Å². The van der Waals surface area contributed by atoms with Crippen LogP contribution in [0, 0.1) is 10.1 Å². The van der Waals surface area contributed by atoms with E-state index in [0.717, 1.165) is 6.07 Å². The number of nitro groups is 1. The standard InChI is InChI=1S/C9H8N2O5/c10-9(13)5-16-8-2-1-6(4-12)3-7(8)11(14)15/h1-4H,5H2,(H2,10,13). The first-order valence-electron chi connectivity index (χ1n) is 4.19. The third-order valence-corrected chi connectivity index (χ3v) is 1.69. The zero-order valence-electron chi connectivity index (χ0n) is 8.08. The number of hydrogen-bond acceptors (Lipinski definition) is 5. The zero-order valence-corrected chi connectivity index (χ0v) is 8.08. The van der Waals surface area contributed by atoms with Crippen LogP contribution in [0.25, 0.3) is 0 Å². The molecule has 16 heavy (non-hydrogen) atoms. The Labute approximate surface area is 90.0 Å². The Morgan fingerprint density at radius 1 is 1.56 bits per heavy atom. The van der Waals surface area contributed by atoms with E-state index in [2.05, 4.69) is 0 Å². The van der Waals surface area contributed by atoms with Crippen LogP contribution < -0.4 is 10.5 Å². The van der Waals surface area contributed by atoms with Crippen molar-refractivity contribution in [1.29, 1.82) is 0 Å². The summed E-state index contributed by atoms with van der Waals surface area (Å²) >= 11 is 0. The lowest BCUT2D eigenvalue weighted by atomic mass is 10.2. The number of nitrogens with two attached hydrogens (primary N) is 1.